The largest absolute Gasteiger partial charge is 0.480 e. The van der Waals surface area contributed by atoms with Gasteiger partial charge in [-0.2, -0.15) is 18.4 Å². The molecule has 19 heavy (non-hydrogen) atoms. The Kier molecular flexibility index (Phi) is 3.75. The number of anilines is 1. The predicted molar refractivity (Wildman–Crippen MR) is 61.5 cm³/mol. The summed E-state index contributed by atoms with van der Waals surface area (Å²) in [6.45, 7) is 2.64. The molecule has 0 heterocycles. The van der Waals surface area contributed by atoms with Crippen LogP contribution in [-0.2, 0) is 11.0 Å². The molecule has 0 amide bonds. The van der Waals surface area contributed by atoms with E-state index in [-0.39, 0.29) is 5.69 Å². The van der Waals surface area contributed by atoms with Crippen molar-refractivity contribution in [1.29, 1.82) is 5.26 Å². The molecule has 1 aromatic rings. The number of hydrogen-bond acceptors (Lipinski definition) is 3. The van der Waals surface area contributed by atoms with Crippen LogP contribution in [0.1, 0.15) is 25.0 Å². The zero-order valence-corrected chi connectivity index (χ0v) is 10.2. The van der Waals surface area contributed by atoms with Gasteiger partial charge in [-0.3, -0.25) is 0 Å². The zero-order chi connectivity index (χ0) is 14.8. The molecule has 0 fully saturated rings. The molecule has 0 atom stereocenters. The molecule has 0 saturated carbocycles. The number of aliphatic carboxylic acids is 1. The Morgan fingerprint density at radius 3 is 2.37 bits per heavy atom. The molecular formula is C12H11F3N2O2. The molecule has 0 saturated heterocycles. The van der Waals surface area contributed by atoms with Gasteiger partial charge in [0.05, 0.1) is 17.2 Å². The average molecular weight is 272 g/mol. The van der Waals surface area contributed by atoms with Crippen molar-refractivity contribution < 1.29 is 23.1 Å². The quantitative estimate of drug-likeness (QED) is 0.887. The lowest BCUT2D eigenvalue weighted by Crippen LogP contribution is -2.40. The predicted octanol–water partition coefficient (Wildman–Crippen LogP) is 2.85. The minimum atomic E-state index is -4.67. The maximum Gasteiger partial charge on any atom is 0.417 e. The number of nitriles is 1. The smallest absolute Gasteiger partial charge is 0.417 e. The molecule has 0 unspecified atom stereocenters. The van der Waals surface area contributed by atoms with Gasteiger partial charge in [-0.25, -0.2) is 4.79 Å². The summed E-state index contributed by atoms with van der Waals surface area (Å²) in [5, 5.41) is 20.0. The molecule has 1 aromatic carbocycles. The van der Waals surface area contributed by atoms with Crippen LogP contribution in [0.3, 0.4) is 0 Å². The second kappa shape index (κ2) is 4.80. The highest BCUT2D eigenvalue weighted by molar-refractivity contribution is 5.81. The summed E-state index contributed by atoms with van der Waals surface area (Å²) in [5.74, 6) is -1.20. The highest BCUT2D eigenvalue weighted by Crippen LogP contribution is 2.34. The van der Waals surface area contributed by atoms with Crippen LogP contribution >= 0.6 is 0 Å². The van der Waals surface area contributed by atoms with Crippen LogP contribution in [-0.4, -0.2) is 16.6 Å². The van der Waals surface area contributed by atoms with Crippen molar-refractivity contribution >= 4 is 11.7 Å². The first-order valence-corrected chi connectivity index (χ1v) is 5.21. The van der Waals surface area contributed by atoms with E-state index in [1.54, 1.807) is 0 Å². The molecule has 0 aromatic heterocycles. The Morgan fingerprint density at radius 2 is 1.95 bits per heavy atom. The Balaban J connectivity index is 3.21. The Bertz CT molecular complexity index is 545. The minimum Gasteiger partial charge on any atom is -0.480 e. The van der Waals surface area contributed by atoms with Gasteiger partial charge in [0.15, 0.2) is 0 Å². The van der Waals surface area contributed by atoms with Crippen molar-refractivity contribution in [2.75, 3.05) is 5.32 Å². The molecule has 0 aliphatic rings. The third-order valence-corrected chi connectivity index (χ3v) is 2.44. The number of rotatable bonds is 3. The van der Waals surface area contributed by atoms with Crippen molar-refractivity contribution in [2.45, 2.75) is 25.6 Å². The summed E-state index contributed by atoms with van der Waals surface area (Å²) in [7, 11) is 0. The van der Waals surface area contributed by atoms with E-state index in [0.29, 0.717) is 0 Å². The summed E-state index contributed by atoms with van der Waals surface area (Å²) in [6, 6.07) is 4.41. The van der Waals surface area contributed by atoms with Gasteiger partial charge >= 0.3 is 12.1 Å². The fourth-order valence-electron chi connectivity index (χ4n) is 1.37. The molecule has 102 valence electrons. The third kappa shape index (κ3) is 3.37. The number of carboxylic acids is 1. The van der Waals surface area contributed by atoms with Gasteiger partial charge in [0.2, 0.25) is 0 Å². The molecule has 0 aliphatic carbocycles. The SMILES string of the molecule is CC(C)(Nc1ccc(C#N)c(C(F)(F)F)c1)C(=O)O. The molecule has 1 rings (SSSR count). The summed E-state index contributed by atoms with van der Waals surface area (Å²) in [4.78, 5) is 10.9. The molecule has 0 aliphatic heterocycles. The van der Waals surface area contributed by atoms with Crippen LogP contribution in [0.2, 0.25) is 0 Å². The number of nitrogens with zero attached hydrogens (tertiary/aromatic N) is 1. The number of nitrogens with one attached hydrogen (secondary N) is 1. The van der Waals surface area contributed by atoms with Gasteiger partial charge < -0.3 is 10.4 Å². The number of carbonyl (C=O) groups is 1. The first kappa shape index (κ1) is 14.8. The van der Waals surface area contributed by atoms with Crippen molar-refractivity contribution in [3.8, 4) is 6.07 Å². The number of halogens is 3. The lowest BCUT2D eigenvalue weighted by atomic mass is 10.0. The van der Waals surface area contributed by atoms with Crippen LogP contribution < -0.4 is 5.32 Å². The van der Waals surface area contributed by atoms with Gasteiger partial charge in [0.1, 0.15) is 5.54 Å². The van der Waals surface area contributed by atoms with Gasteiger partial charge in [0.25, 0.3) is 0 Å². The summed E-state index contributed by atoms with van der Waals surface area (Å²) < 4.78 is 38.1. The van der Waals surface area contributed by atoms with Crippen LogP contribution in [0.15, 0.2) is 18.2 Å². The number of alkyl halides is 3. The first-order chi connectivity index (χ1) is 8.58. The summed E-state index contributed by atoms with van der Waals surface area (Å²) in [5.41, 5.74) is -3.04. The number of carboxylic acid groups (broad SMARTS) is 1. The lowest BCUT2D eigenvalue weighted by Gasteiger charge is -2.23. The van der Waals surface area contributed by atoms with Gasteiger partial charge in [-0.15, -0.1) is 0 Å². The van der Waals surface area contributed by atoms with Gasteiger partial charge in [-0.05, 0) is 32.0 Å². The molecule has 2 N–H and O–H groups in total. The number of hydrogen-bond donors (Lipinski definition) is 2. The fraction of sp³-hybridized carbons (Fsp3) is 0.333. The van der Waals surface area contributed by atoms with E-state index in [2.05, 4.69) is 5.32 Å². The maximum absolute atomic E-state index is 12.7. The summed E-state index contributed by atoms with van der Waals surface area (Å²) in [6.07, 6.45) is -4.67. The van der Waals surface area contributed by atoms with Crippen LogP contribution in [0.4, 0.5) is 18.9 Å². The Hall–Kier alpha value is -2.23. The average Bonchev–Trinajstić information content (AvgIpc) is 2.27. The van der Waals surface area contributed by atoms with Crippen LogP contribution in [0, 0.1) is 11.3 Å². The van der Waals surface area contributed by atoms with E-state index in [0.717, 1.165) is 12.1 Å². The van der Waals surface area contributed by atoms with Crippen molar-refractivity contribution in [3.05, 3.63) is 29.3 Å². The molecule has 0 bridgehead atoms. The van der Waals surface area contributed by atoms with Crippen molar-refractivity contribution in [1.82, 2.24) is 0 Å². The Labute approximate surface area is 107 Å². The standard InChI is InChI=1S/C12H11F3N2O2/c1-11(2,10(18)19)17-8-4-3-7(6-16)9(5-8)12(13,14)15/h3-5,17H,1-2H3,(H,18,19). The topological polar surface area (TPSA) is 73.1 Å². The highest BCUT2D eigenvalue weighted by atomic mass is 19.4. The van der Waals surface area contributed by atoms with Crippen LogP contribution in [0.5, 0.6) is 0 Å². The lowest BCUT2D eigenvalue weighted by molar-refractivity contribution is -0.141. The van der Waals surface area contributed by atoms with E-state index >= 15 is 0 Å². The maximum atomic E-state index is 12.7. The normalized spacial score (nSPS) is 11.8. The second-order valence-corrected chi connectivity index (χ2v) is 4.43. The third-order valence-electron chi connectivity index (χ3n) is 2.44. The molecule has 7 heteroatoms. The molecule has 4 nitrogen and oxygen atoms in total. The molecule has 0 radical (unpaired) electrons. The van der Waals surface area contributed by atoms with E-state index in [1.165, 1.54) is 26.0 Å². The van der Waals surface area contributed by atoms with Crippen LogP contribution in [0.25, 0.3) is 0 Å². The number of benzene rings is 1. The monoisotopic (exact) mass is 272 g/mol. The second-order valence-electron chi connectivity index (χ2n) is 4.43. The molecular weight excluding hydrogens is 261 g/mol. The Morgan fingerprint density at radius 1 is 1.37 bits per heavy atom. The summed E-state index contributed by atoms with van der Waals surface area (Å²) >= 11 is 0. The van der Waals surface area contributed by atoms with E-state index in [1.807, 2.05) is 0 Å². The first-order valence-electron chi connectivity index (χ1n) is 5.21. The van der Waals surface area contributed by atoms with Crippen molar-refractivity contribution in [2.24, 2.45) is 0 Å². The molecule has 0 spiro atoms. The van der Waals surface area contributed by atoms with Gasteiger partial charge in [0, 0.05) is 5.69 Å². The minimum absolute atomic E-state index is 0.0151. The van der Waals surface area contributed by atoms with E-state index < -0.39 is 28.8 Å². The van der Waals surface area contributed by atoms with E-state index in [9.17, 15) is 18.0 Å². The van der Waals surface area contributed by atoms with E-state index in [4.69, 9.17) is 10.4 Å². The fourth-order valence-corrected chi connectivity index (χ4v) is 1.37. The van der Waals surface area contributed by atoms with Crippen molar-refractivity contribution in [3.63, 3.8) is 0 Å². The van der Waals surface area contributed by atoms with Gasteiger partial charge in [-0.1, -0.05) is 0 Å². The zero-order valence-electron chi connectivity index (χ0n) is 10.2. The highest BCUT2D eigenvalue weighted by Gasteiger charge is 2.34.